The number of pyridine rings is 1. The standard InChI is InChI=1S/C59H46N6/c1-37-20-12-14-28-46(37)55-40(4)54(61-58(62-55)47-29-15-13-21-38(47)2)45-27-18-26-44(36-45)49-32-19-33-51(53(49)48-35-34-39(3)60-41(48)5)50-30-16-17-31-52(50)59-64-56(42-22-8-6-9-23-42)63-57(65-59)43-24-10-7-11-25-43/h6-36H,1-5H3. The van der Waals surface area contributed by atoms with Crippen molar-refractivity contribution < 1.29 is 0 Å². The molecule has 6 nitrogen and oxygen atoms in total. The summed E-state index contributed by atoms with van der Waals surface area (Å²) in [5.74, 6) is 2.53. The van der Waals surface area contributed by atoms with Gasteiger partial charge in [-0.3, -0.25) is 4.98 Å². The fourth-order valence-electron chi connectivity index (χ4n) is 8.78. The van der Waals surface area contributed by atoms with Gasteiger partial charge in [0.1, 0.15) is 0 Å². The molecule has 312 valence electrons. The normalized spacial score (nSPS) is 11.2. The summed E-state index contributed by atoms with van der Waals surface area (Å²) in [6.07, 6.45) is 0. The Balaban J connectivity index is 1.19. The maximum Gasteiger partial charge on any atom is 0.164 e. The quantitative estimate of drug-likeness (QED) is 0.144. The van der Waals surface area contributed by atoms with E-state index in [0.29, 0.717) is 23.3 Å². The van der Waals surface area contributed by atoms with E-state index >= 15 is 0 Å². The van der Waals surface area contributed by atoms with Gasteiger partial charge in [-0.05, 0) is 85.7 Å². The van der Waals surface area contributed by atoms with Crippen LogP contribution in [0, 0.1) is 34.6 Å². The lowest BCUT2D eigenvalue weighted by atomic mass is 9.85. The van der Waals surface area contributed by atoms with Gasteiger partial charge in [-0.1, -0.05) is 176 Å². The van der Waals surface area contributed by atoms with E-state index in [1.54, 1.807) is 0 Å². The molecule has 10 aromatic rings. The average molecular weight is 839 g/mol. The second kappa shape index (κ2) is 17.5. The zero-order chi connectivity index (χ0) is 44.4. The smallest absolute Gasteiger partial charge is 0.164 e. The molecule has 3 heterocycles. The van der Waals surface area contributed by atoms with E-state index in [2.05, 4.69) is 155 Å². The second-order valence-corrected chi connectivity index (χ2v) is 16.5. The predicted molar refractivity (Wildman–Crippen MR) is 266 cm³/mol. The molecular formula is C59H46N6. The van der Waals surface area contributed by atoms with Gasteiger partial charge in [0, 0.05) is 55.9 Å². The van der Waals surface area contributed by atoms with Crippen LogP contribution in [0.1, 0.15) is 28.1 Å². The van der Waals surface area contributed by atoms with Crippen LogP contribution < -0.4 is 0 Å². The maximum absolute atomic E-state index is 5.36. The van der Waals surface area contributed by atoms with Crippen LogP contribution in [0.15, 0.2) is 188 Å². The Bertz CT molecular complexity index is 3320. The second-order valence-electron chi connectivity index (χ2n) is 16.5. The van der Waals surface area contributed by atoms with E-state index in [0.717, 1.165) is 101 Å². The number of hydrogen-bond donors (Lipinski definition) is 0. The summed E-state index contributed by atoms with van der Waals surface area (Å²) in [5.41, 5.74) is 19.2. The first-order valence-electron chi connectivity index (χ1n) is 22.0. The number of nitrogens with zero attached hydrogens (tertiary/aromatic N) is 6. The fourth-order valence-corrected chi connectivity index (χ4v) is 8.78. The van der Waals surface area contributed by atoms with Crippen LogP contribution in [0.25, 0.3) is 101 Å². The van der Waals surface area contributed by atoms with Crippen LogP contribution >= 0.6 is 0 Å². The minimum absolute atomic E-state index is 0.596. The van der Waals surface area contributed by atoms with Crippen LogP contribution in [0.5, 0.6) is 0 Å². The number of aryl methyl sites for hydroxylation is 4. The summed E-state index contributed by atoms with van der Waals surface area (Å²) in [6, 6.07) is 65.1. The first-order chi connectivity index (χ1) is 31.8. The highest BCUT2D eigenvalue weighted by molar-refractivity contribution is 5.99. The molecule has 0 saturated heterocycles. The molecule has 0 aliphatic carbocycles. The highest BCUT2D eigenvalue weighted by Gasteiger charge is 2.23. The third-order valence-corrected chi connectivity index (χ3v) is 12.1. The van der Waals surface area contributed by atoms with Gasteiger partial charge in [0.05, 0.1) is 11.4 Å². The Morgan fingerprint density at radius 3 is 1.40 bits per heavy atom. The van der Waals surface area contributed by atoms with Crippen molar-refractivity contribution in [2.75, 3.05) is 0 Å². The Kier molecular flexibility index (Phi) is 11.0. The molecule has 65 heavy (non-hydrogen) atoms. The van der Waals surface area contributed by atoms with Gasteiger partial charge < -0.3 is 0 Å². The van der Waals surface area contributed by atoms with Gasteiger partial charge >= 0.3 is 0 Å². The maximum atomic E-state index is 5.36. The molecular weight excluding hydrogens is 793 g/mol. The summed E-state index contributed by atoms with van der Waals surface area (Å²) >= 11 is 0. The Labute approximate surface area is 380 Å². The molecule has 0 saturated carbocycles. The SMILES string of the molecule is Cc1ccc(-c2c(-c3cccc(-c4nc(-c5ccccc5C)nc(-c5ccccc5C)c4C)c3)cccc2-c2ccccc2-c2nc(-c3ccccc3)nc(-c3ccccc3)n2)c(C)n1. The van der Waals surface area contributed by atoms with Gasteiger partial charge in [-0.25, -0.2) is 24.9 Å². The van der Waals surface area contributed by atoms with Crippen molar-refractivity contribution in [2.24, 2.45) is 0 Å². The van der Waals surface area contributed by atoms with E-state index in [-0.39, 0.29) is 0 Å². The topological polar surface area (TPSA) is 77.3 Å². The predicted octanol–water partition coefficient (Wildman–Crippen LogP) is 14.6. The summed E-state index contributed by atoms with van der Waals surface area (Å²) < 4.78 is 0. The highest BCUT2D eigenvalue weighted by atomic mass is 15.0. The van der Waals surface area contributed by atoms with Crippen molar-refractivity contribution in [3.8, 4) is 101 Å². The van der Waals surface area contributed by atoms with Crippen LogP contribution in [-0.2, 0) is 0 Å². The van der Waals surface area contributed by atoms with Gasteiger partial charge in [0.25, 0.3) is 0 Å². The molecule has 0 aliphatic heterocycles. The van der Waals surface area contributed by atoms with E-state index in [1.807, 2.05) is 67.6 Å². The molecule has 0 amide bonds. The Hall–Kier alpha value is -8.22. The minimum Gasteiger partial charge on any atom is -0.258 e. The summed E-state index contributed by atoms with van der Waals surface area (Å²) in [7, 11) is 0. The van der Waals surface area contributed by atoms with Crippen molar-refractivity contribution in [3.63, 3.8) is 0 Å². The van der Waals surface area contributed by atoms with E-state index in [1.165, 1.54) is 5.56 Å². The Morgan fingerprint density at radius 1 is 0.277 bits per heavy atom. The monoisotopic (exact) mass is 838 g/mol. The molecule has 0 spiro atoms. The van der Waals surface area contributed by atoms with Crippen molar-refractivity contribution >= 4 is 0 Å². The van der Waals surface area contributed by atoms with Gasteiger partial charge in [-0.15, -0.1) is 0 Å². The Morgan fingerprint density at radius 2 is 0.754 bits per heavy atom. The minimum atomic E-state index is 0.596. The third kappa shape index (κ3) is 8.03. The molecule has 0 atom stereocenters. The van der Waals surface area contributed by atoms with Gasteiger partial charge in [-0.2, -0.15) is 0 Å². The van der Waals surface area contributed by atoms with Crippen molar-refractivity contribution in [3.05, 3.63) is 216 Å². The zero-order valence-electron chi connectivity index (χ0n) is 37.1. The lowest BCUT2D eigenvalue weighted by Crippen LogP contribution is -2.02. The first kappa shape index (κ1) is 40.8. The van der Waals surface area contributed by atoms with Crippen molar-refractivity contribution in [2.45, 2.75) is 34.6 Å². The zero-order valence-corrected chi connectivity index (χ0v) is 37.1. The van der Waals surface area contributed by atoms with Crippen LogP contribution in [0.4, 0.5) is 0 Å². The molecule has 0 radical (unpaired) electrons. The van der Waals surface area contributed by atoms with E-state index in [9.17, 15) is 0 Å². The van der Waals surface area contributed by atoms with Crippen LogP contribution in [0.2, 0.25) is 0 Å². The number of aromatic nitrogens is 6. The third-order valence-electron chi connectivity index (χ3n) is 12.1. The lowest BCUT2D eigenvalue weighted by molar-refractivity contribution is 1.07. The molecule has 7 aromatic carbocycles. The fraction of sp³-hybridized carbons (Fsp3) is 0.0847. The molecule has 0 N–H and O–H groups in total. The van der Waals surface area contributed by atoms with E-state index in [4.69, 9.17) is 29.9 Å². The van der Waals surface area contributed by atoms with Crippen molar-refractivity contribution in [1.29, 1.82) is 0 Å². The molecule has 3 aromatic heterocycles. The molecule has 6 heteroatoms. The molecule has 0 unspecified atom stereocenters. The molecule has 0 bridgehead atoms. The number of rotatable bonds is 9. The van der Waals surface area contributed by atoms with E-state index < -0.39 is 0 Å². The summed E-state index contributed by atoms with van der Waals surface area (Å²) in [4.78, 5) is 31.0. The summed E-state index contributed by atoms with van der Waals surface area (Å²) in [5, 5.41) is 0. The van der Waals surface area contributed by atoms with Gasteiger partial charge in [0.15, 0.2) is 23.3 Å². The highest BCUT2D eigenvalue weighted by Crippen LogP contribution is 2.45. The molecule has 0 fully saturated rings. The number of benzene rings is 7. The van der Waals surface area contributed by atoms with Crippen molar-refractivity contribution in [1.82, 2.24) is 29.9 Å². The largest absolute Gasteiger partial charge is 0.258 e. The molecule has 10 rings (SSSR count). The summed E-state index contributed by atoms with van der Waals surface area (Å²) in [6.45, 7) is 10.5. The average Bonchev–Trinajstić information content (AvgIpc) is 3.35. The van der Waals surface area contributed by atoms with Crippen LogP contribution in [-0.4, -0.2) is 29.9 Å². The number of hydrogen-bond acceptors (Lipinski definition) is 6. The molecule has 0 aliphatic rings. The van der Waals surface area contributed by atoms with Gasteiger partial charge in [0.2, 0.25) is 0 Å². The first-order valence-corrected chi connectivity index (χ1v) is 22.0. The lowest BCUT2D eigenvalue weighted by Gasteiger charge is -2.20. The van der Waals surface area contributed by atoms with Crippen LogP contribution in [0.3, 0.4) is 0 Å².